The van der Waals surface area contributed by atoms with Crippen molar-refractivity contribution in [2.45, 2.75) is 46.7 Å². The zero-order valence-corrected chi connectivity index (χ0v) is 17.8. The second kappa shape index (κ2) is 8.17. The summed E-state index contributed by atoms with van der Waals surface area (Å²) in [6.07, 6.45) is 9.67. The van der Waals surface area contributed by atoms with Gasteiger partial charge in [-0.2, -0.15) is 0 Å². The molecule has 2 aliphatic rings. The summed E-state index contributed by atoms with van der Waals surface area (Å²) >= 11 is -1.42. The molecular weight excluding hydrogens is 370 g/mol. The average molecular weight is 396 g/mol. The molecule has 107 valence electrons. The van der Waals surface area contributed by atoms with Gasteiger partial charge in [0.05, 0.1) is 0 Å². The molecule has 0 N–H and O–H groups in total. The Bertz CT molecular complexity index is 459. The Kier molecular flexibility index (Phi) is 8.45. The third-order valence-corrected chi connectivity index (χ3v) is 23.6. The fourth-order valence-electron chi connectivity index (χ4n) is 2.93. The van der Waals surface area contributed by atoms with Crippen LogP contribution in [0.25, 0.3) is 0 Å². The van der Waals surface area contributed by atoms with Crippen molar-refractivity contribution < 1.29 is 20.9 Å². The minimum Gasteiger partial charge on any atom is -0.147 e. The first-order valence-electron chi connectivity index (χ1n) is 6.62. The van der Waals surface area contributed by atoms with Crippen LogP contribution < -0.4 is 0 Å². The molecule has 0 saturated carbocycles. The Morgan fingerprint density at radius 3 is 2.05 bits per heavy atom. The van der Waals surface area contributed by atoms with Gasteiger partial charge in [-0.15, -0.1) is 24.8 Å². The van der Waals surface area contributed by atoms with Gasteiger partial charge in [0.15, 0.2) is 0 Å². The van der Waals surface area contributed by atoms with Crippen LogP contribution in [-0.4, -0.2) is 5.92 Å². The van der Waals surface area contributed by atoms with Crippen molar-refractivity contribution >= 4 is 30.7 Å². The van der Waals surface area contributed by atoms with E-state index in [0.29, 0.717) is 0 Å². The van der Waals surface area contributed by atoms with Crippen molar-refractivity contribution in [1.29, 1.82) is 0 Å². The number of hydrogen-bond donors (Lipinski definition) is 0. The first-order chi connectivity index (χ1) is 8.02. The van der Waals surface area contributed by atoms with E-state index < -0.39 is 26.8 Å². The smallest absolute Gasteiger partial charge is 0.147 e. The van der Waals surface area contributed by atoms with Crippen molar-refractivity contribution in [3.8, 4) is 0 Å². The van der Waals surface area contributed by atoms with E-state index in [0.717, 1.165) is 0 Å². The first kappa shape index (κ1) is 19.6. The molecule has 4 heteroatoms. The van der Waals surface area contributed by atoms with Crippen molar-refractivity contribution in [3.63, 3.8) is 0 Å². The molecule has 0 unspecified atom stereocenters. The molecule has 0 aromatic carbocycles. The third kappa shape index (κ3) is 4.06. The van der Waals surface area contributed by atoms with Gasteiger partial charge in [-0.05, 0) is 0 Å². The molecule has 2 aliphatic carbocycles. The molecule has 0 spiro atoms. The minimum absolute atomic E-state index is 0. The Balaban J connectivity index is 0.00000162. The molecule has 0 fully saturated rings. The van der Waals surface area contributed by atoms with Crippen LogP contribution in [0.15, 0.2) is 41.5 Å². The van der Waals surface area contributed by atoms with Crippen LogP contribution in [0, 0.1) is 0 Å². The van der Waals surface area contributed by atoms with Gasteiger partial charge in [0.25, 0.3) is 0 Å². The Morgan fingerprint density at radius 2 is 1.68 bits per heavy atom. The molecule has 0 saturated heterocycles. The molecule has 0 heterocycles. The average Bonchev–Trinajstić information content (AvgIpc) is 2.85. The maximum Gasteiger partial charge on any atom is -0.147 e. The summed E-state index contributed by atoms with van der Waals surface area (Å²) in [5.41, 5.74) is 4.90. The summed E-state index contributed by atoms with van der Waals surface area (Å²) < 4.78 is 3.80. The van der Waals surface area contributed by atoms with Gasteiger partial charge in [-0.3, -0.25) is 0 Å². The molecule has 0 aliphatic heterocycles. The normalized spacial score (nSPS) is 17.7. The molecule has 0 atom stereocenters. The molecule has 2 rings (SSSR count). The zero-order chi connectivity index (χ0) is 12.6. The SMILES string of the molecule is CC1=C(C)C(C)=[C]([Zr]([C]2=CC=CC2)[SiH](C)C)C1.Cl.Cl. The van der Waals surface area contributed by atoms with E-state index >= 15 is 0 Å². The van der Waals surface area contributed by atoms with Crippen LogP contribution in [-0.2, 0) is 20.9 Å². The summed E-state index contributed by atoms with van der Waals surface area (Å²) in [6.45, 7) is 12.2. The largest absolute Gasteiger partial charge is 0.147 e. The van der Waals surface area contributed by atoms with Crippen LogP contribution in [0.1, 0.15) is 33.6 Å². The van der Waals surface area contributed by atoms with Gasteiger partial charge in [-0.1, -0.05) is 0 Å². The van der Waals surface area contributed by atoms with E-state index in [2.05, 4.69) is 52.1 Å². The fourth-order valence-corrected chi connectivity index (χ4v) is 23.2. The quantitative estimate of drug-likeness (QED) is 0.570. The maximum absolute atomic E-state index is 2.58. The molecule has 0 radical (unpaired) electrons. The zero-order valence-electron chi connectivity index (χ0n) is 12.5. The van der Waals surface area contributed by atoms with Crippen LogP contribution in [0.2, 0.25) is 13.1 Å². The predicted octanol–water partition coefficient (Wildman–Crippen LogP) is 5.29. The van der Waals surface area contributed by atoms with Gasteiger partial charge in [0.2, 0.25) is 0 Å². The van der Waals surface area contributed by atoms with Gasteiger partial charge in [0.1, 0.15) is 0 Å². The van der Waals surface area contributed by atoms with Crippen LogP contribution >= 0.6 is 24.8 Å². The number of hydrogen-bond acceptors (Lipinski definition) is 0. The summed E-state index contributed by atoms with van der Waals surface area (Å²) in [6, 6.07) is 0. The van der Waals surface area contributed by atoms with Gasteiger partial charge in [-0.25, -0.2) is 0 Å². The molecule has 19 heavy (non-hydrogen) atoms. The van der Waals surface area contributed by atoms with Crippen molar-refractivity contribution in [3.05, 3.63) is 41.5 Å². The molecule has 0 aromatic rings. The van der Waals surface area contributed by atoms with E-state index in [1.54, 1.807) is 16.7 Å². The summed E-state index contributed by atoms with van der Waals surface area (Å²) in [4.78, 5) is 0. The molecule has 0 nitrogen and oxygen atoms in total. The monoisotopic (exact) mass is 393 g/mol. The first-order valence-corrected chi connectivity index (χ1v) is 16.2. The van der Waals surface area contributed by atoms with E-state index in [9.17, 15) is 0 Å². The molecular formula is C15H25Cl2SiZr. The summed E-state index contributed by atoms with van der Waals surface area (Å²) in [5, 5.41) is 0. The Morgan fingerprint density at radius 1 is 1.05 bits per heavy atom. The third-order valence-electron chi connectivity index (χ3n) is 4.12. The van der Waals surface area contributed by atoms with Crippen LogP contribution in [0.5, 0.6) is 0 Å². The van der Waals surface area contributed by atoms with Gasteiger partial charge in [0, 0.05) is 0 Å². The van der Waals surface area contributed by atoms with Crippen LogP contribution in [0.3, 0.4) is 0 Å². The van der Waals surface area contributed by atoms with Crippen molar-refractivity contribution in [2.24, 2.45) is 0 Å². The fraction of sp³-hybridized carbons (Fsp3) is 0.467. The molecule has 0 aromatic heterocycles. The number of rotatable bonds is 3. The van der Waals surface area contributed by atoms with Crippen molar-refractivity contribution in [1.82, 2.24) is 0 Å². The van der Waals surface area contributed by atoms with Crippen molar-refractivity contribution in [2.75, 3.05) is 0 Å². The van der Waals surface area contributed by atoms with Gasteiger partial charge < -0.3 is 0 Å². The summed E-state index contributed by atoms with van der Waals surface area (Å²) in [7, 11) is 0. The van der Waals surface area contributed by atoms with E-state index in [-0.39, 0.29) is 24.8 Å². The summed E-state index contributed by atoms with van der Waals surface area (Å²) in [5.74, 6) is -0.481. The second-order valence-electron chi connectivity index (χ2n) is 5.58. The van der Waals surface area contributed by atoms with E-state index in [1.807, 2.05) is 6.56 Å². The molecule has 0 bridgehead atoms. The Hall–Kier alpha value is 0.640. The maximum atomic E-state index is 2.58. The number of allylic oxidation sites excluding steroid dienone is 8. The minimum atomic E-state index is -1.42. The standard InChI is InChI=1S/C8H11.C5H5.C2H7Si.2ClH.Zr/c1-6-4-5-7(2)8(6)3;1-2-4-5-3-1;1-3-2;;;/h4H2,1-3H3;1-3H,4H2;3H,1-2H3;2*1H;. The molecule has 0 amide bonds. The predicted molar refractivity (Wildman–Crippen MR) is 90.9 cm³/mol. The van der Waals surface area contributed by atoms with E-state index in [4.69, 9.17) is 0 Å². The topological polar surface area (TPSA) is 0 Å². The second-order valence-corrected chi connectivity index (χ2v) is 24.9. The number of halogens is 2. The van der Waals surface area contributed by atoms with Crippen LogP contribution in [0.4, 0.5) is 0 Å². The Labute approximate surface area is 139 Å². The van der Waals surface area contributed by atoms with Gasteiger partial charge >= 0.3 is 115 Å². The van der Waals surface area contributed by atoms with E-state index in [1.165, 1.54) is 12.8 Å².